The van der Waals surface area contributed by atoms with Crippen LogP contribution in [0, 0.1) is 13.8 Å². The van der Waals surface area contributed by atoms with Gasteiger partial charge in [0.1, 0.15) is 16.6 Å². The van der Waals surface area contributed by atoms with Crippen molar-refractivity contribution in [2.24, 2.45) is 0 Å². The SMILES string of the molecule is Cc1nn(-c2ccc(C(=O)OCc3nnsc3Cl)cc2)c(C)c1Cl. The summed E-state index contributed by atoms with van der Waals surface area (Å²) >= 11 is 13.1. The lowest BCUT2D eigenvalue weighted by Crippen LogP contribution is -2.06. The van der Waals surface area contributed by atoms with Crippen molar-refractivity contribution in [2.45, 2.75) is 20.5 Å². The van der Waals surface area contributed by atoms with Crippen molar-refractivity contribution in [1.29, 1.82) is 0 Å². The monoisotopic (exact) mass is 382 g/mol. The molecule has 0 atom stereocenters. The average molecular weight is 383 g/mol. The van der Waals surface area contributed by atoms with E-state index >= 15 is 0 Å². The summed E-state index contributed by atoms with van der Waals surface area (Å²) in [5, 5.41) is 8.80. The van der Waals surface area contributed by atoms with Crippen LogP contribution >= 0.6 is 34.7 Å². The number of ether oxygens (including phenoxy) is 1. The minimum absolute atomic E-state index is 0.0109. The molecule has 0 radical (unpaired) electrons. The first-order chi connectivity index (χ1) is 11.5. The Labute approximate surface area is 152 Å². The van der Waals surface area contributed by atoms with Crippen molar-refractivity contribution >= 4 is 40.7 Å². The lowest BCUT2D eigenvalue weighted by molar-refractivity contribution is 0.0468. The van der Waals surface area contributed by atoms with E-state index in [1.807, 2.05) is 13.8 Å². The molecule has 0 bridgehead atoms. The number of hydrogen-bond acceptors (Lipinski definition) is 6. The molecule has 0 saturated heterocycles. The molecule has 0 aliphatic heterocycles. The Hall–Kier alpha value is -1.96. The molecule has 2 aromatic heterocycles. The quantitative estimate of drug-likeness (QED) is 0.637. The standard InChI is InChI=1S/C15H12Cl2N4O2S/c1-8-13(16)9(2)21(19-8)11-5-3-10(4-6-11)15(22)23-7-12-14(17)24-20-18-12/h3-6H,7H2,1-2H3. The van der Waals surface area contributed by atoms with Crippen LogP contribution in [-0.2, 0) is 11.3 Å². The predicted octanol–water partition coefficient (Wildman–Crippen LogP) is 4.00. The number of hydrogen-bond donors (Lipinski definition) is 0. The molecule has 3 rings (SSSR count). The van der Waals surface area contributed by atoms with Crippen LogP contribution in [0.1, 0.15) is 27.4 Å². The van der Waals surface area contributed by atoms with Gasteiger partial charge in [-0.05, 0) is 38.1 Å². The van der Waals surface area contributed by atoms with Crippen molar-refractivity contribution in [1.82, 2.24) is 19.4 Å². The Balaban J connectivity index is 1.73. The Bertz CT molecular complexity index is 890. The van der Waals surface area contributed by atoms with E-state index in [0.29, 0.717) is 20.6 Å². The van der Waals surface area contributed by atoms with Crippen LogP contribution in [0.5, 0.6) is 0 Å². The van der Waals surface area contributed by atoms with E-state index < -0.39 is 5.97 Å². The van der Waals surface area contributed by atoms with Gasteiger partial charge in [-0.3, -0.25) is 0 Å². The summed E-state index contributed by atoms with van der Waals surface area (Å²) in [7, 11) is 0. The van der Waals surface area contributed by atoms with Gasteiger partial charge >= 0.3 is 5.97 Å². The minimum Gasteiger partial charge on any atom is -0.455 e. The van der Waals surface area contributed by atoms with Gasteiger partial charge in [0, 0.05) is 11.5 Å². The van der Waals surface area contributed by atoms with Crippen LogP contribution in [-0.4, -0.2) is 25.3 Å². The lowest BCUT2D eigenvalue weighted by atomic mass is 10.2. The Morgan fingerprint density at radius 3 is 2.50 bits per heavy atom. The van der Waals surface area contributed by atoms with Gasteiger partial charge < -0.3 is 4.74 Å². The van der Waals surface area contributed by atoms with Gasteiger partial charge in [-0.1, -0.05) is 27.7 Å². The van der Waals surface area contributed by atoms with Crippen molar-refractivity contribution in [3.8, 4) is 5.69 Å². The Kier molecular flexibility index (Phi) is 4.84. The van der Waals surface area contributed by atoms with Crippen LogP contribution in [0.15, 0.2) is 24.3 Å². The Morgan fingerprint density at radius 2 is 1.96 bits per heavy atom. The number of esters is 1. The number of nitrogens with zero attached hydrogens (tertiary/aromatic N) is 4. The second-order valence-electron chi connectivity index (χ2n) is 5.01. The zero-order valence-electron chi connectivity index (χ0n) is 12.8. The molecule has 9 heteroatoms. The van der Waals surface area contributed by atoms with Gasteiger partial charge in [0.2, 0.25) is 0 Å². The summed E-state index contributed by atoms with van der Waals surface area (Å²) in [6, 6.07) is 6.90. The molecular formula is C15H12Cl2N4O2S. The summed E-state index contributed by atoms with van der Waals surface area (Å²) in [5.41, 5.74) is 3.28. The van der Waals surface area contributed by atoms with Crippen molar-refractivity contribution in [3.63, 3.8) is 0 Å². The number of halogens is 2. The molecule has 24 heavy (non-hydrogen) atoms. The zero-order chi connectivity index (χ0) is 17.3. The molecule has 6 nitrogen and oxygen atoms in total. The average Bonchev–Trinajstić information content (AvgIpc) is 3.11. The van der Waals surface area contributed by atoms with E-state index in [4.69, 9.17) is 27.9 Å². The van der Waals surface area contributed by atoms with E-state index in [-0.39, 0.29) is 6.61 Å². The molecule has 0 spiro atoms. The lowest BCUT2D eigenvalue weighted by Gasteiger charge is -2.06. The van der Waals surface area contributed by atoms with Gasteiger partial charge in [0.15, 0.2) is 0 Å². The third-order valence-corrected chi connectivity index (χ3v) is 4.93. The fourth-order valence-corrected chi connectivity index (χ4v) is 2.83. The maximum absolute atomic E-state index is 12.1. The third-order valence-electron chi connectivity index (χ3n) is 3.40. The number of carbonyl (C=O) groups excluding carboxylic acids is 1. The maximum atomic E-state index is 12.1. The van der Waals surface area contributed by atoms with Crippen molar-refractivity contribution in [2.75, 3.05) is 0 Å². The molecule has 124 valence electrons. The summed E-state index contributed by atoms with van der Waals surface area (Å²) in [6.45, 7) is 3.72. The first-order valence-electron chi connectivity index (χ1n) is 6.93. The molecule has 0 saturated carbocycles. The number of aryl methyl sites for hydroxylation is 1. The predicted molar refractivity (Wildman–Crippen MR) is 92.1 cm³/mol. The Morgan fingerprint density at radius 1 is 1.25 bits per heavy atom. The van der Waals surface area contributed by atoms with Crippen LogP contribution < -0.4 is 0 Å². The number of aromatic nitrogens is 4. The molecular weight excluding hydrogens is 371 g/mol. The third kappa shape index (κ3) is 3.28. The summed E-state index contributed by atoms with van der Waals surface area (Å²) in [5.74, 6) is -0.461. The fraction of sp³-hybridized carbons (Fsp3) is 0.200. The van der Waals surface area contributed by atoms with Gasteiger partial charge in [0.25, 0.3) is 0 Å². The maximum Gasteiger partial charge on any atom is 0.338 e. The molecule has 0 N–H and O–H groups in total. The molecule has 0 amide bonds. The summed E-state index contributed by atoms with van der Waals surface area (Å²) < 4.78 is 11.0. The van der Waals surface area contributed by atoms with E-state index in [9.17, 15) is 4.79 Å². The van der Waals surface area contributed by atoms with Crippen molar-refractivity contribution < 1.29 is 9.53 Å². The minimum atomic E-state index is -0.461. The first kappa shape index (κ1) is 16.9. The highest BCUT2D eigenvalue weighted by Gasteiger charge is 2.13. The molecule has 1 aromatic carbocycles. The highest BCUT2D eigenvalue weighted by molar-refractivity contribution is 7.10. The van der Waals surface area contributed by atoms with Gasteiger partial charge in [-0.25, -0.2) is 9.48 Å². The summed E-state index contributed by atoms with van der Waals surface area (Å²) in [4.78, 5) is 12.1. The highest BCUT2D eigenvalue weighted by atomic mass is 35.5. The largest absolute Gasteiger partial charge is 0.455 e. The van der Waals surface area contributed by atoms with E-state index in [0.717, 1.165) is 28.6 Å². The first-order valence-corrected chi connectivity index (χ1v) is 8.46. The van der Waals surface area contributed by atoms with Crippen LogP contribution in [0.2, 0.25) is 9.36 Å². The van der Waals surface area contributed by atoms with Gasteiger partial charge in [0.05, 0.1) is 27.7 Å². The number of carbonyl (C=O) groups is 1. The second kappa shape index (κ2) is 6.88. The van der Waals surface area contributed by atoms with Crippen LogP contribution in [0.4, 0.5) is 0 Å². The molecule has 0 unspecified atom stereocenters. The molecule has 0 aliphatic carbocycles. The normalized spacial score (nSPS) is 10.8. The fourth-order valence-electron chi connectivity index (χ4n) is 2.11. The van der Waals surface area contributed by atoms with Crippen LogP contribution in [0.3, 0.4) is 0 Å². The second-order valence-corrected chi connectivity index (χ2v) is 6.75. The van der Waals surface area contributed by atoms with Gasteiger partial charge in [-0.15, -0.1) is 5.10 Å². The smallest absolute Gasteiger partial charge is 0.338 e. The number of rotatable bonds is 4. The molecule has 2 heterocycles. The van der Waals surface area contributed by atoms with E-state index in [1.165, 1.54) is 0 Å². The van der Waals surface area contributed by atoms with E-state index in [2.05, 4.69) is 14.7 Å². The van der Waals surface area contributed by atoms with Crippen LogP contribution in [0.25, 0.3) is 5.69 Å². The number of benzene rings is 1. The molecule has 0 aliphatic rings. The zero-order valence-corrected chi connectivity index (χ0v) is 15.1. The molecule has 0 fully saturated rings. The van der Waals surface area contributed by atoms with Gasteiger partial charge in [-0.2, -0.15) is 5.10 Å². The van der Waals surface area contributed by atoms with E-state index in [1.54, 1.807) is 28.9 Å². The van der Waals surface area contributed by atoms with Crippen molar-refractivity contribution in [3.05, 3.63) is 56.3 Å². The summed E-state index contributed by atoms with van der Waals surface area (Å²) in [6.07, 6.45) is 0. The molecule has 3 aromatic rings. The topological polar surface area (TPSA) is 69.9 Å². The highest BCUT2D eigenvalue weighted by Crippen LogP contribution is 2.23.